The van der Waals surface area contributed by atoms with Crippen LogP contribution in [0.2, 0.25) is 5.02 Å². The van der Waals surface area contributed by atoms with Gasteiger partial charge in [-0.15, -0.1) is 0 Å². The van der Waals surface area contributed by atoms with Gasteiger partial charge in [0.1, 0.15) is 29.7 Å². The van der Waals surface area contributed by atoms with Gasteiger partial charge in [0, 0.05) is 11.6 Å². The second-order valence-corrected chi connectivity index (χ2v) is 8.50. The van der Waals surface area contributed by atoms with Gasteiger partial charge in [-0.1, -0.05) is 29.8 Å². The number of nitrogens with zero attached hydrogens (tertiary/aromatic N) is 1. The molecule has 3 aromatic carbocycles. The zero-order valence-electron chi connectivity index (χ0n) is 19.1. The maximum absolute atomic E-state index is 13.3. The van der Waals surface area contributed by atoms with E-state index in [0.29, 0.717) is 27.6 Å². The van der Waals surface area contributed by atoms with E-state index in [1.165, 1.54) is 17.0 Å². The number of benzene rings is 3. The van der Waals surface area contributed by atoms with E-state index in [-0.39, 0.29) is 36.3 Å². The van der Waals surface area contributed by atoms with Crippen LogP contribution in [-0.4, -0.2) is 40.9 Å². The van der Waals surface area contributed by atoms with Crippen LogP contribution in [-0.2, 0) is 17.9 Å². The van der Waals surface area contributed by atoms with Crippen molar-refractivity contribution in [2.24, 2.45) is 0 Å². The lowest BCUT2D eigenvalue weighted by Gasteiger charge is -2.26. The highest BCUT2D eigenvalue weighted by Gasteiger charge is 2.32. The number of hydrogen-bond acceptors (Lipinski definition) is 5. The third-order valence-corrected chi connectivity index (χ3v) is 6.00. The van der Waals surface area contributed by atoms with Crippen molar-refractivity contribution in [3.8, 4) is 11.5 Å². The maximum atomic E-state index is 13.3. The Balaban J connectivity index is 1.60. The standard InChI is InChI=1S/C26H23ClN2O6/c1-15-24(30)28-22-12-18(27)6-10-20(22)25(31)29(15)13-17-5-9-21(26(32)33)23(11-17)35-14-16-3-7-19(34-2)8-4-16/h3-12,15H,13-14H2,1-2H3,(H,28,30)(H,32,33)/t15-/m1/s1. The van der Waals surface area contributed by atoms with Gasteiger partial charge in [-0.3, -0.25) is 9.59 Å². The number of methoxy groups -OCH3 is 1. The highest BCUT2D eigenvalue weighted by molar-refractivity contribution is 6.31. The number of aromatic carboxylic acids is 1. The molecule has 180 valence electrons. The molecule has 4 rings (SSSR count). The van der Waals surface area contributed by atoms with E-state index in [1.54, 1.807) is 50.4 Å². The Kier molecular flexibility index (Phi) is 6.93. The second-order valence-electron chi connectivity index (χ2n) is 8.06. The summed E-state index contributed by atoms with van der Waals surface area (Å²) in [5, 5.41) is 12.8. The lowest BCUT2D eigenvalue weighted by Crippen LogP contribution is -2.42. The molecule has 0 spiro atoms. The molecule has 0 aromatic heterocycles. The van der Waals surface area contributed by atoms with Gasteiger partial charge in [-0.05, 0) is 60.5 Å². The minimum atomic E-state index is -1.13. The summed E-state index contributed by atoms with van der Waals surface area (Å²) >= 11 is 6.03. The van der Waals surface area contributed by atoms with Gasteiger partial charge in [0.05, 0.1) is 18.4 Å². The van der Waals surface area contributed by atoms with Gasteiger partial charge in [0.15, 0.2) is 0 Å². The molecule has 0 fully saturated rings. The molecule has 0 radical (unpaired) electrons. The number of fused-ring (bicyclic) bond motifs is 1. The van der Waals surface area contributed by atoms with Crippen molar-refractivity contribution in [3.63, 3.8) is 0 Å². The molecule has 3 aromatic rings. The number of amides is 2. The molecule has 1 aliphatic heterocycles. The largest absolute Gasteiger partial charge is 0.497 e. The Morgan fingerprint density at radius 2 is 1.77 bits per heavy atom. The fraction of sp³-hybridized carbons (Fsp3) is 0.192. The van der Waals surface area contributed by atoms with Crippen LogP contribution in [0.25, 0.3) is 0 Å². The van der Waals surface area contributed by atoms with Crippen LogP contribution in [0.1, 0.15) is 38.8 Å². The number of hydrogen-bond donors (Lipinski definition) is 2. The van der Waals surface area contributed by atoms with E-state index in [0.717, 1.165) is 5.56 Å². The summed E-state index contributed by atoms with van der Waals surface area (Å²) in [5.41, 5.74) is 2.12. The molecule has 0 bridgehead atoms. The van der Waals surface area contributed by atoms with Gasteiger partial charge < -0.3 is 24.8 Å². The average molecular weight is 495 g/mol. The van der Waals surface area contributed by atoms with Crippen molar-refractivity contribution in [2.75, 3.05) is 12.4 Å². The van der Waals surface area contributed by atoms with E-state index in [1.807, 2.05) is 12.1 Å². The average Bonchev–Trinajstić information content (AvgIpc) is 2.93. The van der Waals surface area contributed by atoms with Gasteiger partial charge in [0.25, 0.3) is 5.91 Å². The molecule has 0 saturated carbocycles. The van der Waals surface area contributed by atoms with Crippen LogP contribution in [0.5, 0.6) is 11.5 Å². The Morgan fingerprint density at radius 3 is 2.46 bits per heavy atom. The van der Waals surface area contributed by atoms with E-state index >= 15 is 0 Å². The number of rotatable bonds is 7. The quantitative estimate of drug-likeness (QED) is 0.497. The molecule has 8 nitrogen and oxygen atoms in total. The molecule has 2 amide bonds. The van der Waals surface area contributed by atoms with Crippen molar-refractivity contribution < 1.29 is 29.0 Å². The molecule has 0 aliphatic carbocycles. The molecule has 35 heavy (non-hydrogen) atoms. The first kappa shape index (κ1) is 24.1. The Bertz CT molecular complexity index is 1290. The number of carbonyl (C=O) groups is 3. The number of ether oxygens (including phenoxy) is 2. The third kappa shape index (κ3) is 5.22. The SMILES string of the molecule is COc1ccc(COc2cc(CN3C(=O)c4ccc(Cl)cc4NC(=O)[C@H]3C)ccc2C(=O)O)cc1. The predicted octanol–water partition coefficient (Wildman–Crippen LogP) is 4.61. The van der Waals surface area contributed by atoms with Gasteiger partial charge in [0.2, 0.25) is 5.91 Å². The summed E-state index contributed by atoms with van der Waals surface area (Å²) in [6, 6.07) is 15.8. The van der Waals surface area contributed by atoms with Crippen LogP contribution in [0.4, 0.5) is 5.69 Å². The zero-order valence-corrected chi connectivity index (χ0v) is 19.8. The first-order valence-electron chi connectivity index (χ1n) is 10.8. The van der Waals surface area contributed by atoms with Gasteiger partial charge >= 0.3 is 5.97 Å². The Morgan fingerprint density at radius 1 is 1.06 bits per heavy atom. The predicted molar refractivity (Wildman–Crippen MR) is 130 cm³/mol. The van der Waals surface area contributed by atoms with Crippen molar-refractivity contribution in [3.05, 3.63) is 87.9 Å². The highest BCUT2D eigenvalue weighted by atomic mass is 35.5. The fourth-order valence-electron chi connectivity index (χ4n) is 3.77. The molecule has 9 heteroatoms. The van der Waals surface area contributed by atoms with E-state index < -0.39 is 12.0 Å². The summed E-state index contributed by atoms with van der Waals surface area (Å²) in [6.45, 7) is 1.85. The normalized spacial score (nSPS) is 15.2. The molecule has 0 unspecified atom stereocenters. The number of anilines is 1. The lowest BCUT2D eigenvalue weighted by atomic mass is 10.1. The molecule has 1 atom stereocenters. The highest BCUT2D eigenvalue weighted by Crippen LogP contribution is 2.29. The Labute approximate surface area is 207 Å². The van der Waals surface area contributed by atoms with Crippen molar-refractivity contribution >= 4 is 35.1 Å². The molecule has 2 N–H and O–H groups in total. The molecule has 1 heterocycles. The van der Waals surface area contributed by atoms with Crippen LogP contribution in [0.3, 0.4) is 0 Å². The fourth-order valence-corrected chi connectivity index (χ4v) is 3.94. The molecule has 1 aliphatic rings. The Hall–Kier alpha value is -4.04. The van der Waals surface area contributed by atoms with E-state index in [4.69, 9.17) is 21.1 Å². The minimum Gasteiger partial charge on any atom is -0.497 e. The number of nitrogens with one attached hydrogen (secondary N) is 1. The first-order valence-corrected chi connectivity index (χ1v) is 11.2. The molecular weight excluding hydrogens is 472 g/mol. The number of carboxylic acids is 1. The second kappa shape index (κ2) is 10.1. The van der Waals surface area contributed by atoms with Gasteiger partial charge in [-0.25, -0.2) is 4.79 Å². The number of carbonyl (C=O) groups excluding carboxylic acids is 2. The minimum absolute atomic E-state index is 0.00441. The van der Waals surface area contributed by atoms with Crippen molar-refractivity contribution in [1.29, 1.82) is 0 Å². The summed E-state index contributed by atoms with van der Waals surface area (Å²) < 4.78 is 11.0. The van der Waals surface area contributed by atoms with Crippen molar-refractivity contribution in [2.45, 2.75) is 26.1 Å². The van der Waals surface area contributed by atoms with Crippen molar-refractivity contribution in [1.82, 2.24) is 4.90 Å². The third-order valence-electron chi connectivity index (χ3n) is 5.76. The number of carboxylic acid groups (broad SMARTS) is 1. The zero-order chi connectivity index (χ0) is 25.1. The lowest BCUT2D eigenvalue weighted by molar-refractivity contribution is -0.120. The van der Waals surface area contributed by atoms with Gasteiger partial charge in [-0.2, -0.15) is 0 Å². The molecular formula is C26H23ClN2O6. The van der Waals surface area contributed by atoms with Crippen LogP contribution >= 0.6 is 11.6 Å². The van der Waals surface area contributed by atoms with Crippen LogP contribution in [0.15, 0.2) is 60.7 Å². The summed E-state index contributed by atoms with van der Waals surface area (Å²) in [5.74, 6) is -0.961. The topological polar surface area (TPSA) is 105 Å². The monoisotopic (exact) mass is 494 g/mol. The van der Waals surface area contributed by atoms with E-state index in [9.17, 15) is 19.5 Å². The van der Waals surface area contributed by atoms with Crippen LogP contribution < -0.4 is 14.8 Å². The summed E-state index contributed by atoms with van der Waals surface area (Å²) in [4.78, 5) is 39.2. The summed E-state index contributed by atoms with van der Waals surface area (Å²) in [6.07, 6.45) is 0. The summed E-state index contributed by atoms with van der Waals surface area (Å²) in [7, 11) is 1.57. The first-order chi connectivity index (χ1) is 16.8. The molecule has 0 saturated heterocycles. The van der Waals surface area contributed by atoms with Crippen LogP contribution in [0, 0.1) is 0 Å². The smallest absolute Gasteiger partial charge is 0.339 e. The van der Waals surface area contributed by atoms with E-state index in [2.05, 4.69) is 5.32 Å². The maximum Gasteiger partial charge on any atom is 0.339 e. The number of halogens is 1.